The van der Waals surface area contributed by atoms with Crippen molar-refractivity contribution in [1.29, 1.82) is 0 Å². The summed E-state index contributed by atoms with van der Waals surface area (Å²) >= 11 is 0. The third-order valence-electron chi connectivity index (χ3n) is 3.13. The van der Waals surface area contributed by atoms with Gasteiger partial charge in [-0.3, -0.25) is 9.59 Å². The van der Waals surface area contributed by atoms with Gasteiger partial charge in [-0.05, 0) is 30.9 Å². The van der Waals surface area contributed by atoms with Gasteiger partial charge in [-0.1, -0.05) is 23.8 Å². The zero-order valence-corrected chi connectivity index (χ0v) is 8.75. The predicted molar refractivity (Wildman–Crippen MR) is 61.2 cm³/mol. The van der Waals surface area contributed by atoms with Crippen LogP contribution in [0.2, 0.25) is 0 Å². The molecule has 1 aromatic rings. The Kier molecular flexibility index (Phi) is 1.93. The van der Waals surface area contributed by atoms with Gasteiger partial charge in [0, 0.05) is 0 Å². The molecule has 0 bridgehead atoms. The van der Waals surface area contributed by atoms with Crippen molar-refractivity contribution >= 4 is 23.5 Å². The van der Waals surface area contributed by atoms with Crippen LogP contribution in [0, 0.1) is 0 Å². The molecule has 0 aromatic heterocycles. The Labute approximate surface area is 93.2 Å². The Morgan fingerprint density at radius 2 is 2.00 bits per heavy atom. The van der Waals surface area contributed by atoms with E-state index in [0.29, 0.717) is 11.3 Å². The fourth-order valence-electron chi connectivity index (χ4n) is 2.09. The zero-order valence-electron chi connectivity index (χ0n) is 8.75. The Bertz CT molecular complexity index is 523. The summed E-state index contributed by atoms with van der Waals surface area (Å²) < 4.78 is 0. The maximum absolute atomic E-state index is 11.7. The molecule has 1 N–H and O–H groups in total. The number of carbonyl (C=O) groups excluding carboxylic acids is 2. The summed E-state index contributed by atoms with van der Waals surface area (Å²) in [6, 6.07) is 5.52. The molecule has 16 heavy (non-hydrogen) atoms. The molecule has 3 nitrogen and oxygen atoms in total. The van der Waals surface area contributed by atoms with Gasteiger partial charge >= 0.3 is 0 Å². The molecule has 2 aliphatic rings. The summed E-state index contributed by atoms with van der Waals surface area (Å²) in [7, 11) is 0. The van der Waals surface area contributed by atoms with Crippen LogP contribution in [0.25, 0.3) is 6.08 Å². The Balaban J connectivity index is 2.11. The highest BCUT2D eigenvalue weighted by Gasteiger charge is 2.29. The minimum absolute atomic E-state index is 0.415. The summed E-state index contributed by atoms with van der Waals surface area (Å²) in [5, 5.41) is 2.58. The number of hydrogen-bond donors (Lipinski definition) is 1. The summed E-state index contributed by atoms with van der Waals surface area (Å²) in [6.45, 7) is 0. The highest BCUT2D eigenvalue weighted by atomic mass is 16.2. The van der Waals surface area contributed by atoms with Gasteiger partial charge in [0.2, 0.25) is 0 Å². The molecule has 3 heteroatoms. The number of anilines is 1. The largest absolute Gasteiger partial charge is 0.318 e. The number of rotatable bonds is 1. The van der Waals surface area contributed by atoms with Crippen LogP contribution in [-0.2, 0) is 4.79 Å². The topological polar surface area (TPSA) is 46.2 Å². The van der Waals surface area contributed by atoms with Crippen molar-refractivity contribution in [1.82, 2.24) is 0 Å². The molecule has 0 spiro atoms. The maximum Gasteiger partial charge on any atom is 0.296 e. The van der Waals surface area contributed by atoms with E-state index in [-0.39, 0.29) is 0 Å². The van der Waals surface area contributed by atoms with Crippen LogP contribution in [-0.4, -0.2) is 11.7 Å². The first-order valence-electron chi connectivity index (χ1n) is 5.44. The second-order valence-electron chi connectivity index (χ2n) is 4.21. The maximum atomic E-state index is 11.7. The normalized spacial score (nSPS) is 17.9. The summed E-state index contributed by atoms with van der Waals surface area (Å²) in [5.41, 5.74) is 3.41. The van der Waals surface area contributed by atoms with Crippen LogP contribution < -0.4 is 5.32 Å². The molecule has 0 radical (unpaired) electrons. The van der Waals surface area contributed by atoms with Gasteiger partial charge in [0.25, 0.3) is 11.7 Å². The lowest BCUT2D eigenvalue weighted by Gasteiger charge is -2.16. The molecular formula is C13H11NO2. The second kappa shape index (κ2) is 3.30. The van der Waals surface area contributed by atoms with E-state index in [4.69, 9.17) is 0 Å². The first-order valence-corrected chi connectivity index (χ1v) is 5.44. The van der Waals surface area contributed by atoms with Crippen molar-refractivity contribution in [3.63, 3.8) is 0 Å². The van der Waals surface area contributed by atoms with E-state index < -0.39 is 11.7 Å². The third-order valence-corrected chi connectivity index (χ3v) is 3.13. The summed E-state index contributed by atoms with van der Waals surface area (Å²) in [6.07, 6.45) is 5.49. The van der Waals surface area contributed by atoms with Gasteiger partial charge in [0.1, 0.15) is 0 Å². The number of hydrogen-bond acceptors (Lipinski definition) is 2. The highest BCUT2D eigenvalue weighted by molar-refractivity contribution is 6.52. The standard InChI is InChI=1S/C13H11NO2/c15-12-11-9(7-8-3-1-4-8)5-2-6-10(11)14-13(12)16/h2,5-7H,1,3-4H2,(H,14,15,16). The van der Waals surface area contributed by atoms with Gasteiger partial charge in [-0.15, -0.1) is 0 Å². The van der Waals surface area contributed by atoms with E-state index in [1.54, 1.807) is 6.07 Å². The SMILES string of the molecule is O=C1Nc2cccc(C=C3CCC3)c2C1=O. The van der Waals surface area contributed by atoms with Crippen LogP contribution >= 0.6 is 0 Å². The lowest BCUT2D eigenvalue weighted by molar-refractivity contribution is -0.112. The second-order valence-corrected chi connectivity index (χ2v) is 4.21. The molecule has 3 rings (SSSR count). The molecule has 1 aliphatic carbocycles. The number of nitrogens with one attached hydrogen (secondary N) is 1. The van der Waals surface area contributed by atoms with E-state index in [0.717, 1.165) is 18.4 Å². The zero-order chi connectivity index (χ0) is 11.1. The van der Waals surface area contributed by atoms with E-state index in [1.807, 2.05) is 18.2 Å². The summed E-state index contributed by atoms with van der Waals surface area (Å²) in [5.74, 6) is -0.934. The molecule has 1 fully saturated rings. The number of fused-ring (bicyclic) bond motifs is 1. The van der Waals surface area contributed by atoms with E-state index in [9.17, 15) is 9.59 Å². The molecule has 1 aromatic carbocycles. The molecule has 0 unspecified atom stereocenters. The van der Waals surface area contributed by atoms with Crippen molar-refractivity contribution in [2.24, 2.45) is 0 Å². The number of benzene rings is 1. The highest BCUT2D eigenvalue weighted by Crippen LogP contribution is 2.32. The van der Waals surface area contributed by atoms with Gasteiger partial charge in [0.15, 0.2) is 0 Å². The fraction of sp³-hybridized carbons (Fsp3) is 0.231. The average molecular weight is 213 g/mol. The molecule has 80 valence electrons. The van der Waals surface area contributed by atoms with Crippen LogP contribution in [0.5, 0.6) is 0 Å². The van der Waals surface area contributed by atoms with Crippen molar-refractivity contribution < 1.29 is 9.59 Å². The molecular weight excluding hydrogens is 202 g/mol. The van der Waals surface area contributed by atoms with Crippen molar-refractivity contribution in [2.45, 2.75) is 19.3 Å². The van der Waals surface area contributed by atoms with Crippen molar-refractivity contribution in [3.05, 3.63) is 34.9 Å². The fourth-order valence-corrected chi connectivity index (χ4v) is 2.09. The number of carbonyl (C=O) groups is 2. The Hall–Kier alpha value is -1.90. The lowest BCUT2D eigenvalue weighted by atomic mass is 9.89. The molecule has 1 aliphatic heterocycles. The number of ketones is 1. The predicted octanol–water partition coefficient (Wildman–Crippen LogP) is 2.39. The van der Waals surface area contributed by atoms with Gasteiger partial charge in [0.05, 0.1) is 11.3 Å². The lowest BCUT2D eigenvalue weighted by Crippen LogP contribution is -2.13. The average Bonchev–Trinajstić information content (AvgIpc) is 2.50. The van der Waals surface area contributed by atoms with Crippen LogP contribution in [0.4, 0.5) is 5.69 Å². The third kappa shape index (κ3) is 1.28. The molecule has 0 atom stereocenters. The Morgan fingerprint density at radius 1 is 1.19 bits per heavy atom. The quantitative estimate of drug-likeness (QED) is 0.728. The number of allylic oxidation sites excluding steroid dienone is 1. The van der Waals surface area contributed by atoms with Gasteiger partial charge in [-0.2, -0.15) is 0 Å². The number of amides is 1. The van der Waals surface area contributed by atoms with Crippen LogP contribution in [0.3, 0.4) is 0 Å². The van der Waals surface area contributed by atoms with Crippen LogP contribution in [0.1, 0.15) is 35.2 Å². The molecule has 1 heterocycles. The number of Topliss-reactive ketones (excluding diaryl/α,β-unsaturated/α-hetero) is 1. The molecule has 0 saturated heterocycles. The first kappa shape index (κ1) is 9.33. The van der Waals surface area contributed by atoms with E-state index >= 15 is 0 Å². The molecule has 1 amide bonds. The van der Waals surface area contributed by atoms with Gasteiger partial charge < -0.3 is 5.32 Å². The van der Waals surface area contributed by atoms with E-state index in [1.165, 1.54) is 12.0 Å². The van der Waals surface area contributed by atoms with Crippen molar-refractivity contribution in [3.8, 4) is 0 Å². The minimum atomic E-state index is -0.519. The van der Waals surface area contributed by atoms with E-state index in [2.05, 4.69) is 5.32 Å². The minimum Gasteiger partial charge on any atom is -0.318 e. The van der Waals surface area contributed by atoms with Crippen LogP contribution in [0.15, 0.2) is 23.8 Å². The van der Waals surface area contributed by atoms with Gasteiger partial charge in [-0.25, -0.2) is 0 Å². The first-order chi connectivity index (χ1) is 7.75. The summed E-state index contributed by atoms with van der Waals surface area (Å²) in [4.78, 5) is 22.9. The Morgan fingerprint density at radius 3 is 2.69 bits per heavy atom. The van der Waals surface area contributed by atoms with Crippen molar-refractivity contribution in [2.75, 3.05) is 5.32 Å². The smallest absolute Gasteiger partial charge is 0.296 e. The monoisotopic (exact) mass is 213 g/mol. The molecule has 1 saturated carbocycles.